The van der Waals surface area contributed by atoms with Gasteiger partial charge in [0.05, 0.1) is 11.2 Å². The first-order chi connectivity index (χ1) is 11.7. The number of halogens is 2. The molecule has 0 N–H and O–H groups in total. The molecule has 3 heteroatoms. The molecule has 0 amide bonds. The SMILES string of the molecule is Brc1ccc2nc(-c3ccccc3)c(I)c(-c3ccccc3)c2c1. The maximum atomic E-state index is 4.94. The lowest BCUT2D eigenvalue weighted by Gasteiger charge is -2.14. The maximum absolute atomic E-state index is 4.94. The van der Waals surface area contributed by atoms with Gasteiger partial charge in [0, 0.05) is 24.6 Å². The largest absolute Gasteiger partial charge is 0.247 e. The third-order valence-electron chi connectivity index (χ3n) is 4.00. The smallest absolute Gasteiger partial charge is 0.0849 e. The molecule has 0 bridgehead atoms. The summed E-state index contributed by atoms with van der Waals surface area (Å²) in [6.45, 7) is 0. The summed E-state index contributed by atoms with van der Waals surface area (Å²) in [6.07, 6.45) is 0. The first kappa shape index (κ1) is 15.8. The second-order valence-electron chi connectivity index (χ2n) is 5.54. The summed E-state index contributed by atoms with van der Waals surface area (Å²) in [7, 11) is 0. The van der Waals surface area contributed by atoms with E-state index in [1.54, 1.807) is 0 Å². The van der Waals surface area contributed by atoms with E-state index in [0.29, 0.717) is 0 Å². The molecule has 116 valence electrons. The van der Waals surface area contributed by atoms with Gasteiger partial charge < -0.3 is 0 Å². The van der Waals surface area contributed by atoms with Gasteiger partial charge in [-0.1, -0.05) is 76.6 Å². The van der Waals surface area contributed by atoms with Crippen LogP contribution in [0.2, 0.25) is 0 Å². The van der Waals surface area contributed by atoms with Crippen molar-refractivity contribution in [2.24, 2.45) is 0 Å². The van der Waals surface area contributed by atoms with E-state index in [9.17, 15) is 0 Å². The van der Waals surface area contributed by atoms with Crippen LogP contribution in [0.3, 0.4) is 0 Å². The fourth-order valence-electron chi connectivity index (χ4n) is 2.89. The first-order valence-electron chi connectivity index (χ1n) is 7.63. The van der Waals surface area contributed by atoms with Gasteiger partial charge in [-0.05, 0) is 46.4 Å². The van der Waals surface area contributed by atoms with Gasteiger partial charge in [-0.2, -0.15) is 0 Å². The number of rotatable bonds is 2. The van der Waals surface area contributed by atoms with Crippen molar-refractivity contribution in [3.63, 3.8) is 0 Å². The van der Waals surface area contributed by atoms with Crippen molar-refractivity contribution >= 4 is 49.4 Å². The highest BCUT2D eigenvalue weighted by Crippen LogP contribution is 2.38. The van der Waals surface area contributed by atoms with Crippen molar-refractivity contribution in [1.82, 2.24) is 4.98 Å². The van der Waals surface area contributed by atoms with E-state index >= 15 is 0 Å². The Morgan fingerprint density at radius 2 is 1.38 bits per heavy atom. The Kier molecular flexibility index (Phi) is 4.37. The van der Waals surface area contributed by atoms with Crippen LogP contribution in [0.4, 0.5) is 0 Å². The average molecular weight is 486 g/mol. The number of hydrogen-bond donors (Lipinski definition) is 0. The third-order valence-corrected chi connectivity index (χ3v) is 5.54. The lowest BCUT2D eigenvalue weighted by molar-refractivity contribution is 1.37. The molecular formula is C21H13BrIN. The lowest BCUT2D eigenvalue weighted by atomic mass is 9.98. The van der Waals surface area contributed by atoms with Crippen LogP contribution in [0.1, 0.15) is 0 Å². The summed E-state index contributed by atoms with van der Waals surface area (Å²) < 4.78 is 2.24. The predicted octanol–water partition coefficient (Wildman–Crippen LogP) is 6.94. The van der Waals surface area contributed by atoms with Gasteiger partial charge in [0.15, 0.2) is 0 Å². The fourth-order valence-corrected chi connectivity index (χ4v) is 4.28. The minimum absolute atomic E-state index is 1.01. The zero-order chi connectivity index (χ0) is 16.5. The molecule has 0 aliphatic rings. The molecule has 0 aliphatic heterocycles. The molecule has 1 heterocycles. The second kappa shape index (κ2) is 6.65. The van der Waals surface area contributed by atoms with Gasteiger partial charge in [-0.3, -0.25) is 0 Å². The maximum Gasteiger partial charge on any atom is 0.0849 e. The highest BCUT2D eigenvalue weighted by Gasteiger charge is 2.16. The van der Waals surface area contributed by atoms with Crippen molar-refractivity contribution in [3.8, 4) is 22.4 Å². The van der Waals surface area contributed by atoms with Crippen LogP contribution in [0, 0.1) is 3.57 Å². The Labute approximate surface area is 163 Å². The van der Waals surface area contributed by atoms with Gasteiger partial charge in [0.1, 0.15) is 0 Å². The van der Waals surface area contributed by atoms with Crippen molar-refractivity contribution in [2.75, 3.05) is 0 Å². The summed E-state index contributed by atoms with van der Waals surface area (Å²) in [5, 5.41) is 1.17. The van der Waals surface area contributed by atoms with Gasteiger partial charge >= 0.3 is 0 Å². The average Bonchev–Trinajstić information content (AvgIpc) is 2.63. The molecule has 0 saturated carbocycles. The Morgan fingerprint density at radius 3 is 2.04 bits per heavy atom. The third kappa shape index (κ3) is 2.87. The quantitative estimate of drug-likeness (QED) is 0.280. The summed E-state index contributed by atoms with van der Waals surface area (Å²) in [5.74, 6) is 0. The van der Waals surface area contributed by atoms with Crippen molar-refractivity contribution < 1.29 is 0 Å². The normalized spacial score (nSPS) is 10.9. The molecule has 0 radical (unpaired) electrons. The minimum Gasteiger partial charge on any atom is -0.247 e. The van der Waals surface area contributed by atoms with Gasteiger partial charge in [-0.15, -0.1) is 0 Å². The first-order valence-corrected chi connectivity index (χ1v) is 9.51. The van der Waals surface area contributed by atoms with E-state index in [4.69, 9.17) is 4.98 Å². The van der Waals surface area contributed by atoms with E-state index < -0.39 is 0 Å². The number of hydrogen-bond acceptors (Lipinski definition) is 1. The summed E-state index contributed by atoms with van der Waals surface area (Å²) in [5.41, 5.74) is 5.64. The van der Waals surface area contributed by atoms with Crippen LogP contribution in [0.15, 0.2) is 83.3 Å². The summed E-state index contributed by atoms with van der Waals surface area (Å²) in [4.78, 5) is 4.94. The van der Waals surface area contributed by atoms with Crippen LogP contribution >= 0.6 is 38.5 Å². The molecule has 4 aromatic rings. The monoisotopic (exact) mass is 485 g/mol. The topological polar surface area (TPSA) is 12.9 Å². The minimum atomic E-state index is 1.01. The molecule has 4 rings (SSSR count). The number of aromatic nitrogens is 1. The molecule has 0 aliphatic carbocycles. The summed E-state index contributed by atoms with van der Waals surface area (Å²) in [6, 6.07) is 27.2. The molecule has 0 spiro atoms. The molecule has 1 nitrogen and oxygen atoms in total. The molecule has 0 fully saturated rings. The highest BCUT2D eigenvalue weighted by molar-refractivity contribution is 14.1. The number of fused-ring (bicyclic) bond motifs is 1. The summed E-state index contributed by atoms with van der Waals surface area (Å²) >= 11 is 6.03. The predicted molar refractivity (Wildman–Crippen MR) is 113 cm³/mol. The zero-order valence-electron chi connectivity index (χ0n) is 12.7. The number of nitrogens with zero attached hydrogens (tertiary/aromatic N) is 1. The Bertz CT molecular complexity index is 1010. The van der Waals surface area contributed by atoms with E-state index in [1.807, 2.05) is 18.2 Å². The fraction of sp³-hybridized carbons (Fsp3) is 0. The van der Waals surface area contributed by atoms with E-state index in [2.05, 4.69) is 99.2 Å². The van der Waals surface area contributed by atoms with Crippen LogP contribution in [0.5, 0.6) is 0 Å². The number of benzene rings is 3. The molecule has 24 heavy (non-hydrogen) atoms. The standard InChI is InChI=1S/C21H13BrIN/c22-16-11-12-18-17(13-16)19(14-7-3-1-4-8-14)20(23)21(24-18)15-9-5-2-6-10-15/h1-13H. The number of pyridine rings is 1. The van der Waals surface area contributed by atoms with E-state index in [-0.39, 0.29) is 0 Å². The molecule has 0 atom stereocenters. The van der Waals surface area contributed by atoms with Gasteiger partial charge in [0.2, 0.25) is 0 Å². The van der Waals surface area contributed by atoms with Gasteiger partial charge in [0.25, 0.3) is 0 Å². The van der Waals surface area contributed by atoms with Crippen LogP contribution < -0.4 is 0 Å². The Morgan fingerprint density at radius 1 is 0.750 bits per heavy atom. The van der Waals surface area contributed by atoms with Crippen LogP contribution in [0.25, 0.3) is 33.3 Å². The molecule has 0 saturated heterocycles. The van der Waals surface area contributed by atoms with E-state index in [0.717, 1.165) is 21.2 Å². The highest BCUT2D eigenvalue weighted by atomic mass is 127. The Balaban J connectivity index is 2.11. The molecule has 1 aromatic heterocycles. The van der Waals surface area contributed by atoms with Crippen molar-refractivity contribution in [2.45, 2.75) is 0 Å². The second-order valence-corrected chi connectivity index (χ2v) is 7.54. The molecular weight excluding hydrogens is 473 g/mol. The lowest BCUT2D eigenvalue weighted by Crippen LogP contribution is -1.95. The van der Waals surface area contributed by atoms with Crippen LogP contribution in [-0.2, 0) is 0 Å². The van der Waals surface area contributed by atoms with Crippen LogP contribution in [-0.4, -0.2) is 4.98 Å². The molecule has 3 aromatic carbocycles. The zero-order valence-corrected chi connectivity index (χ0v) is 16.5. The van der Waals surface area contributed by atoms with Gasteiger partial charge in [-0.25, -0.2) is 4.98 Å². The Hall–Kier alpha value is -1.72. The van der Waals surface area contributed by atoms with Crippen molar-refractivity contribution in [1.29, 1.82) is 0 Å². The van der Waals surface area contributed by atoms with E-state index in [1.165, 1.54) is 20.1 Å². The van der Waals surface area contributed by atoms with Crippen molar-refractivity contribution in [3.05, 3.63) is 86.9 Å². The molecule has 0 unspecified atom stereocenters.